The normalized spacial score (nSPS) is 13.2. The summed E-state index contributed by atoms with van der Waals surface area (Å²) in [4.78, 5) is 0. The van der Waals surface area contributed by atoms with Gasteiger partial charge in [-0.3, -0.25) is 5.43 Å². The highest BCUT2D eigenvalue weighted by Gasteiger charge is 2.30. The number of benzene rings is 3. The number of anilines is 1. The van der Waals surface area contributed by atoms with Crippen LogP contribution in [-0.2, 0) is 12.7 Å². The summed E-state index contributed by atoms with van der Waals surface area (Å²) in [5.41, 5.74) is 10.2. The van der Waals surface area contributed by atoms with Crippen LogP contribution in [0.2, 0.25) is 0 Å². The van der Waals surface area contributed by atoms with Crippen LogP contribution >= 0.6 is 0 Å². The maximum Gasteiger partial charge on any atom is 0.416 e. The van der Waals surface area contributed by atoms with Crippen LogP contribution in [0.15, 0.2) is 77.9 Å². The molecule has 4 rings (SSSR count). The third-order valence-electron chi connectivity index (χ3n) is 4.33. The number of rotatable bonds is 6. The summed E-state index contributed by atoms with van der Waals surface area (Å²) in [5.74, 6) is 1.27. The zero-order valence-electron chi connectivity index (χ0n) is 15.6. The number of hydrazine groups is 2. The Morgan fingerprint density at radius 3 is 2.43 bits per heavy atom. The highest BCUT2D eigenvalue weighted by molar-refractivity contribution is 5.99. The van der Waals surface area contributed by atoms with E-state index in [1.165, 1.54) is 12.1 Å². The highest BCUT2D eigenvalue weighted by Crippen LogP contribution is 2.32. The second-order valence-electron chi connectivity index (χ2n) is 6.53. The molecule has 0 fully saturated rings. The van der Waals surface area contributed by atoms with Gasteiger partial charge in [0.1, 0.15) is 11.5 Å². The summed E-state index contributed by atoms with van der Waals surface area (Å²) in [7, 11) is 0. The van der Waals surface area contributed by atoms with Gasteiger partial charge in [0.05, 0.1) is 5.56 Å². The lowest BCUT2D eigenvalue weighted by Crippen LogP contribution is -2.35. The summed E-state index contributed by atoms with van der Waals surface area (Å²) in [5, 5.41) is 7.38. The largest absolute Gasteiger partial charge is 0.457 e. The standard InChI is InChI=1S/C21H18F3N5O/c22-21(23,24)16-6-3-9-19(12-16)30-18-8-1-4-14(10-18)13-25-17-7-2-5-15(11-17)20-26-28-29-27-20/h1-12,25,28-29H,13H2,(H,26,27). The minimum Gasteiger partial charge on any atom is -0.457 e. The SMILES string of the molecule is FC(F)(F)c1cccc(Oc2cccc(CNc3cccc(C4=NNNN4)c3)c2)c1. The molecule has 0 unspecified atom stereocenters. The molecule has 0 radical (unpaired) electrons. The van der Waals surface area contributed by atoms with Gasteiger partial charge in [0.2, 0.25) is 0 Å². The smallest absolute Gasteiger partial charge is 0.416 e. The third kappa shape index (κ3) is 4.81. The number of nitrogens with one attached hydrogen (secondary N) is 4. The predicted octanol–water partition coefficient (Wildman–Crippen LogP) is 4.38. The van der Waals surface area contributed by atoms with Crippen molar-refractivity contribution in [1.29, 1.82) is 0 Å². The number of amidine groups is 1. The first-order chi connectivity index (χ1) is 14.5. The topological polar surface area (TPSA) is 69.7 Å². The van der Waals surface area contributed by atoms with Crippen LogP contribution in [0.1, 0.15) is 16.7 Å². The molecule has 0 aromatic heterocycles. The van der Waals surface area contributed by atoms with Crippen molar-refractivity contribution in [2.24, 2.45) is 5.10 Å². The van der Waals surface area contributed by atoms with E-state index in [1.54, 1.807) is 18.2 Å². The molecular weight excluding hydrogens is 395 g/mol. The van der Waals surface area contributed by atoms with E-state index in [0.29, 0.717) is 18.1 Å². The number of nitrogens with zero attached hydrogens (tertiary/aromatic N) is 1. The van der Waals surface area contributed by atoms with E-state index in [-0.39, 0.29) is 5.75 Å². The Bertz CT molecular complexity index is 1070. The Morgan fingerprint density at radius 2 is 1.67 bits per heavy atom. The van der Waals surface area contributed by atoms with Gasteiger partial charge in [-0.2, -0.15) is 13.2 Å². The minimum absolute atomic E-state index is 0.134. The molecule has 9 heteroatoms. The van der Waals surface area contributed by atoms with Crippen LogP contribution in [-0.4, -0.2) is 5.84 Å². The average Bonchev–Trinajstić information content (AvgIpc) is 3.27. The van der Waals surface area contributed by atoms with Gasteiger partial charge >= 0.3 is 6.18 Å². The number of alkyl halides is 3. The maximum atomic E-state index is 12.9. The molecule has 0 atom stereocenters. The minimum atomic E-state index is -4.41. The summed E-state index contributed by atoms with van der Waals surface area (Å²) in [6.45, 7) is 0.514. The molecule has 6 nitrogen and oxygen atoms in total. The van der Waals surface area contributed by atoms with Crippen molar-refractivity contribution >= 4 is 11.5 Å². The molecule has 30 heavy (non-hydrogen) atoms. The maximum absolute atomic E-state index is 12.9. The van der Waals surface area contributed by atoms with Crippen LogP contribution < -0.4 is 26.5 Å². The lowest BCUT2D eigenvalue weighted by molar-refractivity contribution is -0.137. The summed E-state index contributed by atoms with van der Waals surface area (Å²) in [6.07, 6.45) is -4.41. The van der Waals surface area contributed by atoms with E-state index in [4.69, 9.17) is 4.74 Å². The van der Waals surface area contributed by atoms with E-state index < -0.39 is 11.7 Å². The lowest BCUT2D eigenvalue weighted by atomic mass is 10.1. The fraction of sp³-hybridized carbons (Fsp3) is 0.0952. The van der Waals surface area contributed by atoms with Gasteiger partial charge in [-0.1, -0.05) is 30.3 Å². The van der Waals surface area contributed by atoms with Gasteiger partial charge in [0.25, 0.3) is 0 Å². The molecule has 1 heterocycles. The van der Waals surface area contributed by atoms with Crippen LogP contribution in [0.3, 0.4) is 0 Å². The highest BCUT2D eigenvalue weighted by atomic mass is 19.4. The Balaban J connectivity index is 1.42. The molecule has 4 N–H and O–H groups in total. The average molecular weight is 413 g/mol. The van der Waals surface area contributed by atoms with E-state index in [9.17, 15) is 13.2 Å². The zero-order chi connectivity index (χ0) is 21.0. The molecule has 0 spiro atoms. The van der Waals surface area contributed by atoms with E-state index in [2.05, 4.69) is 26.9 Å². The summed E-state index contributed by atoms with van der Waals surface area (Å²) < 4.78 is 44.3. The van der Waals surface area contributed by atoms with Crippen molar-refractivity contribution in [3.8, 4) is 11.5 Å². The first-order valence-corrected chi connectivity index (χ1v) is 9.09. The fourth-order valence-corrected chi connectivity index (χ4v) is 2.91. The molecule has 0 aliphatic carbocycles. The Morgan fingerprint density at radius 1 is 0.900 bits per heavy atom. The van der Waals surface area contributed by atoms with Crippen molar-refractivity contribution in [2.45, 2.75) is 12.7 Å². The number of hydrogen-bond donors (Lipinski definition) is 4. The second-order valence-corrected chi connectivity index (χ2v) is 6.53. The first kappa shape index (κ1) is 19.6. The van der Waals surface area contributed by atoms with Gasteiger partial charge < -0.3 is 10.1 Å². The van der Waals surface area contributed by atoms with Crippen LogP contribution in [0.5, 0.6) is 11.5 Å². The van der Waals surface area contributed by atoms with Gasteiger partial charge in [-0.25, -0.2) is 5.53 Å². The predicted molar refractivity (Wildman–Crippen MR) is 108 cm³/mol. The van der Waals surface area contributed by atoms with Crippen LogP contribution in [0.25, 0.3) is 0 Å². The molecule has 3 aromatic carbocycles. The van der Waals surface area contributed by atoms with E-state index in [0.717, 1.165) is 28.9 Å². The van der Waals surface area contributed by atoms with Crippen molar-refractivity contribution in [3.63, 3.8) is 0 Å². The molecule has 154 valence electrons. The zero-order valence-corrected chi connectivity index (χ0v) is 15.6. The molecule has 1 aliphatic heterocycles. The summed E-state index contributed by atoms with van der Waals surface area (Å²) in [6, 6.07) is 19.7. The van der Waals surface area contributed by atoms with Crippen molar-refractivity contribution < 1.29 is 17.9 Å². The monoisotopic (exact) mass is 413 g/mol. The number of hydrogen-bond acceptors (Lipinski definition) is 6. The second kappa shape index (κ2) is 8.34. The molecule has 0 amide bonds. The molecule has 1 aliphatic rings. The number of hydrazone groups is 1. The Labute approximate surface area is 170 Å². The van der Waals surface area contributed by atoms with Crippen LogP contribution in [0, 0.1) is 0 Å². The molecule has 3 aromatic rings. The molecule has 0 saturated heterocycles. The molecule has 0 saturated carbocycles. The summed E-state index contributed by atoms with van der Waals surface area (Å²) >= 11 is 0. The van der Waals surface area contributed by atoms with Gasteiger partial charge in [0.15, 0.2) is 5.84 Å². The Hall–Kier alpha value is -3.72. The van der Waals surface area contributed by atoms with Crippen molar-refractivity contribution in [2.75, 3.05) is 5.32 Å². The van der Waals surface area contributed by atoms with Crippen molar-refractivity contribution in [3.05, 3.63) is 89.5 Å². The van der Waals surface area contributed by atoms with Gasteiger partial charge in [-0.05, 0) is 48.0 Å². The van der Waals surface area contributed by atoms with Gasteiger partial charge in [0, 0.05) is 17.8 Å². The number of ether oxygens (including phenoxy) is 1. The quantitative estimate of drug-likeness (QED) is 0.483. The van der Waals surface area contributed by atoms with Crippen LogP contribution in [0.4, 0.5) is 18.9 Å². The van der Waals surface area contributed by atoms with Gasteiger partial charge in [-0.15, -0.1) is 10.6 Å². The first-order valence-electron chi connectivity index (χ1n) is 9.09. The van der Waals surface area contributed by atoms with E-state index in [1.807, 2.05) is 30.3 Å². The number of halogens is 3. The third-order valence-corrected chi connectivity index (χ3v) is 4.33. The Kier molecular flexibility index (Phi) is 5.44. The molecular formula is C21H18F3N5O. The molecule has 0 bridgehead atoms. The van der Waals surface area contributed by atoms with Crippen molar-refractivity contribution in [1.82, 2.24) is 16.5 Å². The van der Waals surface area contributed by atoms with E-state index >= 15 is 0 Å². The lowest BCUT2D eigenvalue weighted by Gasteiger charge is -2.12. The fourth-order valence-electron chi connectivity index (χ4n) is 2.91.